The van der Waals surface area contributed by atoms with Crippen LogP contribution in [-0.2, 0) is 14.2 Å². The molecule has 3 nitrogen and oxygen atoms in total. The van der Waals surface area contributed by atoms with E-state index in [2.05, 4.69) is 41.5 Å². The molecule has 0 spiro atoms. The smallest absolute Gasteiger partial charge is 0.0863 e. The van der Waals surface area contributed by atoms with Crippen LogP contribution >= 0.6 is 0 Å². The molecular weight excluding hydrogens is 240 g/mol. The molecule has 0 saturated heterocycles. The van der Waals surface area contributed by atoms with Gasteiger partial charge in [0.05, 0.1) is 36.6 Å². The third-order valence-corrected chi connectivity index (χ3v) is 3.36. The molecule has 0 aromatic rings. The second kappa shape index (κ2) is 7.61. The topological polar surface area (TPSA) is 27.7 Å². The van der Waals surface area contributed by atoms with Gasteiger partial charge in [-0.1, -0.05) is 13.8 Å². The number of hydrogen-bond acceptors (Lipinski definition) is 3. The Balaban J connectivity index is 4.12. The van der Waals surface area contributed by atoms with E-state index >= 15 is 0 Å². The molecule has 116 valence electrons. The first-order valence-corrected chi connectivity index (χ1v) is 7.39. The van der Waals surface area contributed by atoms with Gasteiger partial charge in [-0.15, -0.1) is 0 Å². The molecule has 0 fully saturated rings. The fourth-order valence-electron chi connectivity index (χ4n) is 1.48. The van der Waals surface area contributed by atoms with E-state index in [1.54, 1.807) is 0 Å². The SMILES string of the molecule is CC(C)OCC(C)(C)OC(C)COC(C)(C)C(C)C. The lowest BCUT2D eigenvalue weighted by molar-refractivity contribution is -0.154. The highest BCUT2D eigenvalue weighted by Gasteiger charge is 2.26. The highest BCUT2D eigenvalue weighted by Crippen LogP contribution is 2.22. The number of hydrogen-bond donors (Lipinski definition) is 0. The van der Waals surface area contributed by atoms with Gasteiger partial charge in [0, 0.05) is 0 Å². The van der Waals surface area contributed by atoms with Gasteiger partial charge in [0.15, 0.2) is 0 Å². The van der Waals surface area contributed by atoms with Crippen LogP contribution in [0.4, 0.5) is 0 Å². The summed E-state index contributed by atoms with van der Waals surface area (Å²) in [6, 6.07) is 0. The summed E-state index contributed by atoms with van der Waals surface area (Å²) >= 11 is 0. The minimum Gasteiger partial charge on any atom is -0.376 e. The van der Waals surface area contributed by atoms with Gasteiger partial charge in [-0.3, -0.25) is 0 Å². The monoisotopic (exact) mass is 274 g/mol. The molecule has 0 radical (unpaired) electrons. The maximum atomic E-state index is 6.01. The molecule has 0 bridgehead atoms. The zero-order chi connectivity index (χ0) is 15.3. The molecule has 0 heterocycles. The van der Waals surface area contributed by atoms with Crippen molar-refractivity contribution in [2.75, 3.05) is 13.2 Å². The molecule has 0 rings (SSSR count). The molecule has 1 atom stereocenters. The normalized spacial score (nSPS) is 15.3. The van der Waals surface area contributed by atoms with E-state index in [1.165, 1.54) is 0 Å². The maximum absolute atomic E-state index is 6.01. The van der Waals surface area contributed by atoms with Crippen LogP contribution in [0.25, 0.3) is 0 Å². The van der Waals surface area contributed by atoms with Crippen molar-refractivity contribution >= 4 is 0 Å². The minimum atomic E-state index is -0.283. The fraction of sp³-hybridized carbons (Fsp3) is 1.00. The van der Waals surface area contributed by atoms with Crippen LogP contribution < -0.4 is 0 Å². The summed E-state index contributed by atoms with van der Waals surface area (Å²) in [6.07, 6.45) is 0.290. The van der Waals surface area contributed by atoms with E-state index in [1.807, 2.05) is 20.8 Å². The van der Waals surface area contributed by atoms with Crippen molar-refractivity contribution in [1.82, 2.24) is 0 Å². The summed E-state index contributed by atoms with van der Waals surface area (Å²) in [5.74, 6) is 0.483. The summed E-state index contributed by atoms with van der Waals surface area (Å²) < 4.78 is 17.6. The van der Waals surface area contributed by atoms with Gasteiger partial charge in [0.25, 0.3) is 0 Å². The van der Waals surface area contributed by atoms with E-state index in [0.717, 1.165) is 0 Å². The second-order valence-corrected chi connectivity index (χ2v) is 7.12. The van der Waals surface area contributed by atoms with E-state index in [9.17, 15) is 0 Å². The predicted molar refractivity (Wildman–Crippen MR) is 80.6 cm³/mol. The van der Waals surface area contributed by atoms with Crippen LogP contribution in [0.2, 0.25) is 0 Å². The minimum absolute atomic E-state index is 0.0591. The first-order chi connectivity index (χ1) is 8.46. The van der Waals surface area contributed by atoms with Gasteiger partial charge >= 0.3 is 0 Å². The fourth-order valence-corrected chi connectivity index (χ4v) is 1.48. The summed E-state index contributed by atoms with van der Waals surface area (Å²) in [6.45, 7) is 20.0. The van der Waals surface area contributed by atoms with E-state index in [4.69, 9.17) is 14.2 Å². The Hall–Kier alpha value is -0.120. The van der Waals surface area contributed by atoms with E-state index in [0.29, 0.717) is 19.1 Å². The van der Waals surface area contributed by atoms with E-state index < -0.39 is 0 Å². The zero-order valence-electron chi connectivity index (χ0n) is 14.4. The Kier molecular flexibility index (Phi) is 7.56. The van der Waals surface area contributed by atoms with Crippen molar-refractivity contribution in [3.8, 4) is 0 Å². The molecule has 0 aromatic carbocycles. The average Bonchev–Trinajstić information content (AvgIpc) is 2.23. The Morgan fingerprint density at radius 2 is 1.42 bits per heavy atom. The maximum Gasteiger partial charge on any atom is 0.0863 e. The van der Waals surface area contributed by atoms with Crippen LogP contribution in [0.1, 0.15) is 62.3 Å². The van der Waals surface area contributed by atoms with Crippen LogP contribution in [0.15, 0.2) is 0 Å². The standard InChI is InChI=1S/C16H34O3/c1-12(2)16(8,9)18-10-14(5)19-15(6,7)11-17-13(3)4/h12-14H,10-11H2,1-9H3. The Morgan fingerprint density at radius 1 is 0.895 bits per heavy atom. The number of rotatable bonds is 9. The third kappa shape index (κ3) is 8.61. The lowest BCUT2D eigenvalue weighted by Gasteiger charge is -2.34. The Morgan fingerprint density at radius 3 is 1.84 bits per heavy atom. The van der Waals surface area contributed by atoms with Gasteiger partial charge < -0.3 is 14.2 Å². The van der Waals surface area contributed by atoms with Crippen LogP contribution in [0, 0.1) is 5.92 Å². The molecule has 0 aliphatic carbocycles. The largest absolute Gasteiger partial charge is 0.376 e. The highest BCUT2D eigenvalue weighted by atomic mass is 16.6. The Bertz CT molecular complexity index is 244. The summed E-state index contributed by atoms with van der Waals surface area (Å²) in [5.41, 5.74) is -0.398. The van der Waals surface area contributed by atoms with Crippen molar-refractivity contribution in [2.24, 2.45) is 5.92 Å². The molecule has 1 unspecified atom stereocenters. The van der Waals surface area contributed by atoms with Gasteiger partial charge in [0.1, 0.15) is 0 Å². The quantitative estimate of drug-likeness (QED) is 0.635. The van der Waals surface area contributed by atoms with E-state index in [-0.39, 0.29) is 23.4 Å². The second-order valence-electron chi connectivity index (χ2n) is 7.12. The summed E-state index contributed by atoms with van der Waals surface area (Å²) in [7, 11) is 0. The summed E-state index contributed by atoms with van der Waals surface area (Å²) in [4.78, 5) is 0. The van der Waals surface area contributed by atoms with Gasteiger partial charge in [0.2, 0.25) is 0 Å². The van der Waals surface area contributed by atoms with Crippen LogP contribution in [0.5, 0.6) is 0 Å². The molecule has 0 aliphatic rings. The van der Waals surface area contributed by atoms with Crippen molar-refractivity contribution < 1.29 is 14.2 Å². The average molecular weight is 274 g/mol. The van der Waals surface area contributed by atoms with Gasteiger partial charge in [-0.25, -0.2) is 0 Å². The summed E-state index contributed by atoms with van der Waals surface area (Å²) in [5, 5.41) is 0. The predicted octanol–water partition coefficient (Wildman–Crippen LogP) is 4.05. The van der Waals surface area contributed by atoms with Crippen LogP contribution in [-0.4, -0.2) is 36.6 Å². The lowest BCUT2D eigenvalue weighted by atomic mass is 9.95. The molecule has 0 amide bonds. The highest BCUT2D eigenvalue weighted by molar-refractivity contribution is 4.74. The molecule has 0 aromatic heterocycles. The van der Waals surface area contributed by atoms with Crippen molar-refractivity contribution in [2.45, 2.75) is 85.7 Å². The molecule has 0 N–H and O–H groups in total. The van der Waals surface area contributed by atoms with Crippen molar-refractivity contribution in [3.63, 3.8) is 0 Å². The first-order valence-electron chi connectivity index (χ1n) is 7.39. The van der Waals surface area contributed by atoms with Crippen LogP contribution in [0.3, 0.4) is 0 Å². The molecule has 3 heteroatoms. The van der Waals surface area contributed by atoms with Gasteiger partial charge in [-0.05, 0) is 54.4 Å². The van der Waals surface area contributed by atoms with Crippen molar-refractivity contribution in [3.05, 3.63) is 0 Å². The zero-order valence-corrected chi connectivity index (χ0v) is 14.4. The molecule has 19 heavy (non-hydrogen) atoms. The van der Waals surface area contributed by atoms with Gasteiger partial charge in [-0.2, -0.15) is 0 Å². The van der Waals surface area contributed by atoms with Crippen molar-refractivity contribution in [1.29, 1.82) is 0 Å². The molecular formula is C16H34O3. The lowest BCUT2D eigenvalue weighted by Crippen LogP contribution is -2.39. The Labute approximate surface area is 120 Å². The number of ether oxygens (including phenoxy) is 3. The molecule has 0 saturated carbocycles. The third-order valence-electron chi connectivity index (χ3n) is 3.36. The molecule has 0 aliphatic heterocycles. The first kappa shape index (κ1) is 18.9.